The number of nitro groups is 1. The second-order valence-corrected chi connectivity index (χ2v) is 5.32. The first-order valence-electron chi connectivity index (χ1n) is 7.37. The van der Waals surface area contributed by atoms with Crippen LogP contribution in [0.25, 0.3) is 0 Å². The summed E-state index contributed by atoms with van der Waals surface area (Å²) in [6.45, 7) is 4.15. The third-order valence-electron chi connectivity index (χ3n) is 4.24. The zero-order valence-corrected chi connectivity index (χ0v) is 12.5. The number of hydrogen-bond acceptors (Lipinski definition) is 5. The van der Waals surface area contributed by atoms with Crippen molar-refractivity contribution in [3.05, 3.63) is 57.8 Å². The molecule has 2 heterocycles. The van der Waals surface area contributed by atoms with E-state index >= 15 is 0 Å². The summed E-state index contributed by atoms with van der Waals surface area (Å²) in [4.78, 5) is 10.2. The SMILES string of the molecule is CCC1(CC)O[C@@H](c2ccc([N+](=O)[O-])o2)Nc2ccccc21. The van der Waals surface area contributed by atoms with E-state index in [-0.39, 0.29) is 5.88 Å². The van der Waals surface area contributed by atoms with Crippen LogP contribution < -0.4 is 5.32 Å². The molecule has 0 spiro atoms. The maximum absolute atomic E-state index is 10.8. The highest BCUT2D eigenvalue weighted by Crippen LogP contribution is 2.46. The zero-order valence-electron chi connectivity index (χ0n) is 12.5. The molecule has 0 bridgehead atoms. The highest BCUT2D eigenvalue weighted by molar-refractivity contribution is 5.56. The molecule has 0 saturated carbocycles. The van der Waals surface area contributed by atoms with Crippen LogP contribution >= 0.6 is 0 Å². The largest absolute Gasteiger partial charge is 0.433 e. The Morgan fingerprint density at radius 2 is 1.95 bits per heavy atom. The van der Waals surface area contributed by atoms with Crippen LogP contribution in [0.15, 0.2) is 40.8 Å². The van der Waals surface area contributed by atoms with Gasteiger partial charge in [0, 0.05) is 11.3 Å². The van der Waals surface area contributed by atoms with Crippen LogP contribution in [0.1, 0.15) is 44.2 Å². The van der Waals surface area contributed by atoms with E-state index in [9.17, 15) is 10.1 Å². The van der Waals surface area contributed by atoms with Gasteiger partial charge in [-0.3, -0.25) is 10.1 Å². The molecule has 0 fully saturated rings. The first-order valence-corrected chi connectivity index (χ1v) is 7.37. The van der Waals surface area contributed by atoms with Crippen LogP contribution in [0, 0.1) is 10.1 Å². The van der Waals surface area contributed by atoms with Crippen molar-refractivity contribution in [2.75, 3.05) is 5.32 Å². The normalized spacial score (nSPS) is 19.3. The van der Waals surface area contributed by atoms with Gasteiger partial charge in [0.15, 0.2) is 12.0 Å². The maximum Gasteiger partial charge on any atom is 0.433 e. The van der Waals surface area contributed by atoms with Crippen molar-refractivity contribution >= 4 is 11.6 Å². The van der Waals surface area contributed by atoms with Gasteiger partial charge in [-0.25, -0.2) is 0 Å². The third kappa shape index (κ3) is 2.25. The van der Waals surface area contributed by atoms with Crippen molar-refractivity contribution in [3.8, 4) is 0 Å². The van der Waals surface area contributed by atoms with Gasteiger partial charge in [0.05, 0.1) is 11.7 Å². The summed E-state index contributed by atoms with van der Waals surface area (Å²) in [5, 5.41) is 14.0. The lowest BCUT2D eigenvalue weighted by atomic mass is 9.85. The smallest absolute Gasteiger partial charge is 0.401 e. The third-order valence-corrected chi connectivity index (χ3v) is 4.24. The molecule has 1 aromatic carbocycles. The second kappa shape index (κ2) is 5.46. The van der Waals surface area contributed by atoms with Crippen LogP contribution in [-0.4, -0.2) is 4.92 Å². The maximum atomic E-state index is 10.8. The average Bonchev–Trinajstić information content (AvgIpc) is 3.04. The Hall–Kier alpha value is -2.34. The fourth-order valence-corrected chi connectivity index (χ4v) is 2.97. The molecule has 0 radical (unpaired) electrons. The number of fused-ring (bicyclic) bond motifs is 1. The molecule has 1 atom stereocenters. The molecule has 6 nitrogen and oxygen atoms in total. The van der Waals surface area contributed by atoms with Crippen LogP contribution in [0.5, 0.6) is 0 Å². The van der Waals surface area contributed by atoms with E-state index < -0.39 is 16.8 Å². The predicted octanol–water partition coefficient (Wildman–Crippen LogP) is 4.34. The first kappa shape index (κ1) is 14.6. The minimum atomic E-state index is -0.548. The van der Waals surface area contributed by atoms with Gasteiger partial charge < -0.3 is 14.5 Å². The number of nitrogens with one attached hydrogen (secondary N) is 1. The summed E-state index contributed by atoms with van der Waals surface area (Å²) in [7, 11) is 0. The Morgan fingerprint density at radius 1 is 1.23 bits per heavy atom. The Bertz CT molecular complexity index is 691. The number of para-hydroxylation sites is 1. The van der Waals surface area contributed by atoms with E-state index in [2.05, 4.69) is 25.2 Å². The van der Waals surface area contributed by atoms with Crippen molar-refractivity contribution in [3.63, 3.8) is 0 Å². The number of nitrogens with zero attached hydrogens (tertiary/aromatic N) is 1. The van der Waals surface area contributed by atoms with Gasteiger partial charge in [-0.2, -0.15) is 0 Å². The van der Waals surface area contributed by atoms with Gasteiger partial charge >= 0.3 is 5.88 Å². The lowest BCUT2D eigenvalue weighted by molar-refractivity contribution is -0.402. The van der Waals surface area contributed by atoms with E-state index in [4.69, 9.17) is 9.15 Å². The van der Waals surface area contributed by atoms with E-state index in [0.29, 0.717) is 5.76 Å². The fourth-order valence-electron chi connectivity index (χ4n) is 2.97. The highest BCUT2D eigenvalue weighted by atomic mass is 16.7. The Morgan fingerprint density at radius 3 is 2.59 bits per heavy atom. The first-order chi connectivity index (χ1) is 10.6. The molecule has 0 amide bonds. The quantitative estimate of drug-likeness (QED) is 0.671. The predicted molar refractivity (Wildman–Crippen MR) is 81.5 cm³/mol. The molecule has 22 heavy (non-hydrogen) atoms. The molecule has 6 heteroatoms. The van der Waals surface area contributed by atoms with Crippen LogP contribution in [0.3, 0.4) is 0 Å². The van der Waals surface area contributed by atoms with Crippen molar-refractivity contribution in [1.29, 1.82) is 0 Å². The van der Waals surface area contributed by atoms with E-state index in [1.54, 1.807) is 6.07 Å². The number of anilines is 1. The van der Waals surface area contributed by atoms with E-state index in [0.717, 1.165) is 24.1 Å². The van der Waals surface area contributed by atoms with E-state index in [1.165, 1.54) is 6.07 Å². The van der Waals surface area contributed by atoms with Gasteiger partial charge in [0.1, 0.15) is 4.92 Å². The lowest BCUT2D eigenvalue weighted by Crippen LogP contribution is -2.37. The summed E-state index contributed by atoms with van der Waals surface area (Å²) < 4.78 is 11.5. The van der Waals surface area contributed by atoms with Gasteiger partial charge in [-0.15, -0.1) is 0 Å². The molecule has 3 rings (SSSR count). The number of benzene rings is 1. The van der Waals surface area contributed by atoms with Gasteiger partial charge in [0.25, 0.3) is 0 Å². The Kier molecular flexibility index (Phi) is 3.62. The summed E-state index contributed by atoms with van der Waals surface area (Å²) in [5.74, 6) is 0.130. The van der Waals surface area contributed by atoms with Gasteiger partial charge in [0.2, 0.25) is 0 Å². The number of furan rings is 1. The minimum absolute atomic E-state index is 0.280. The summed E-state index contributed by atoms with van der Waals surface area (Å²) >= 11 is 0. The van der Waals surface area contributed by atoms with Crippen molar-refractivity contribution in [2.45, 2.75) is 38.5 Å². The second-order valence-electron chi connectivity index (χ2n) is 5.32. The molecule has 0 unspecified atom stereocenters. The van der Waals surface area contributed by atoms with Gasteiger partial charge in [-0.1, -0.05) is 32.0 Å². The molecule has 1 aromatic heterocycles. The fraction of sp³-hybridized carbons (Fsp3) is 0.375. The van der Waals surface area contributed by atoms with Crippen molar-refractivity contribution in [2.24, 2.45) is 0 Å². The number of rotatable bonds is 4. The summed E-state index contributed by atoms with van der Waals surface area (Å²) in [6.07, 6.45) is 1.08. The molecule has 2 aromatic rings. The Labute approximate surface area is 128 Å². The summed E-state index contributed by atoms with van der Waals surface area (Å²) in [6, 6.07) is 10.9. The Balaban J connectivity index is 2.01. The molecular weight excluding hydrogens is 284 g/mol. The average molecular weight is 302 g/mol. The molecule has 116 valence electrons. The molecule has 1 aliphatic rings. The number of hydrogen-bond donors (Lipinski definition) is 1. The van der Waals surface area contributed by atoms with Crippen LogP contribution in [0.4, 0.5) is 11.6 Å². The standard InChI is InChI=1S/C16H18N2O4/c1-3-16(4-2)11-7-5-6-8-12(11)17-15(22-16)13-9-10-14(21-13)18(19)20/h5-10,15,17H,3-4H2,1-2H3/t15-/m0/s1. The summed E-state index contributed by atoms with van der Waals surface area (Å²) in [5.41, 5.74) is 1.66. The molecule has 0 aliphatic carbocycles. The van der Waals surface area contributed by atoms with Crippen molar-refractivity contribution in [1.82, 2.24) is 0 Å². The monoisotopic (exact) mass is 302 g/mol. The molecule has 1 N–H and O–H groups in total. The highest BCUT2D eigenvalue weighted by Gasteiger charge is 2.40. The molecule has 1 aliphatic heterocycles. The van der Waals surface area contributed by atoms with Gasteiger partial charge in [-0.05, 0) is 25.0 Å². The lowest BCUT2D eigenvalue weighted by Gasteiger charge is -2.42. The van der Waals surface area contributed by atoms with E-state index in [1.807, 2.05) is 18.2 Å². The minimum Gasteiger partial charge on any atom is -0.401 e. The topological polar surface area (TPSA) is 77.5 Å². The van der Waals surface area contributed by atoms with Crippen LogP contribution in [0.2, 0.25) is 0 Å². The van der Waals surface area contributed by atoms with Crippen molar-refractivity contribution < 1.29 is 14.1 Å². The molecule has 0 saturated heterocycles. The molecular formula is C16H18N2O4. The van der Waals surface area contributed by atoms with Crippen LogP contribution in [-0.2, 0) is 10.3 Å². The zero-order chi connectivity index (χ0) is 15.7. The number of ether oxygens (including phenoxy) is 1.